The van der Waals surface area contributed by atoms with Crippen LogP contribution in [0.5, 0.6) is 0 Å². The molecule has 0 radical (unpaired) electrons. The first kappa shape index (κ1) is 14.8. The molecule has 3 unspecified atom stereocenters. The van der Waals surface area contributed by atoms with Crippen LogP contribution in [0.15, 0.2) is 61.3 Å². The monoisotopic (exact) mass is 242 g/mol. The van der Waals surface area contributed by atoms with E-state index in [-0.39, 0.29) is 5.41 Å². The summed E-state index contributed by atoms with van der Waals surface area (Å²) in [6.45, 7) is 18.5. The maximum Gasteiger partial charge on any atom is 0.00683 e. The fourth-order valence-electron chi connectivity index (χ4n) is 2.95. The van der Waals surface area contributed by atoms with E-state index in [0.717, 1.165) is 18.4 Å². The lowest BCUT2D eigenvalue weighted by atomic mass is 9.71. The van der Waals surface area contributed by atoms with Crippen LogP contribution in [0.4, 0.5) is 0 Å². The smallest absolute Gasteiger partial charge is 0.00683 e. The van der Waals surface area contributed by atoms with Gasteiger partial charge in [0.05, 0.1) is 0 Å². The third kappa shape index (κ3) is 2.75. The van der Waals surface area contributed by atoms with E-state index in [9.17, 15) is 0 Å². The number of hydrogen-bond donors (Lipinski definition) is 0. The van der Waals surface area contributed by atoms with Crippen LogP contribution in [0.25, 0.3) is 0 Å². The van der Waals surface area contributed by atoms with Crippen LogP contribution in [0.2, 0.25) is 0 Å². The van der Waals surface area contributed by atoms with Gasteiger partial charge in [-0.05, 0) is 25.7 Å². The van der Waals surface area contributed by atoms with Gasteiger partial charge >= 0.3 is 0 Å². The predicted molar refractivity (Wildman–Crippen MR) is 82.4 cm³/mol. The average molecular weight is 242 g/mol. The maximum atomic E-state index is 4.04. The average Bonchev–Trinajstić information content (AvgIpc) is 2.58. The highest BCUT2D eigenvalue weighted by molar-refractivity contribution is 5.31. The van der Waals surface area contributed by atoms with Crippen LogP contribution in [0.1, 0.15) is 33.6 Å². The molecule has 0 bridgehead atoms. The van der Waals surface area contributed by atoms with Crippen molar-refractivity contribution in [2.45, 2.75) is 33.6 Å². The van der Waals surface area contributed by atoms with E-state index in [1.165, 1.54) is 5.57 Å². The molecule has 1 aliphatic carbocycles. The lowest BCUT2D eigenvalue weighted by Crippen LogP contribution is -2.25. The second-order valence-corrected chi connectivity index (χ2v) is 5.47. The van der Waals surface area contributed by atoms with Gasteiger partial charge in [0.15, 0.2) is 0 Å². The molecule has 0 N–H and O–H groups in total. The Bertz CT molecular complexity index is 394. The third-order valence-electron chi connectivity index (χ3n) is 4.30. The van der Waals surface area contributed by atoms with Crippen molar-refractivity contribution in [2.75, 3.05) is 0 Å². The Morgan fingerprint density at radius 1 is 1.44 bits per heavy atom. The summed E-state index contributed by atoms with van der Waals surface area (Å²) in [6.07, 6.45) is 12.9. The van der Waals surface area contributed by atoms with E-state index >= 15 is 0 Å². The Kier molecular flexibility index (Phi) is 4.95. The van der Waals surface area contributed by atoms with Crippen LogP contribution in [0.3, 0.4) is 0 Å². The highest BCUT2D eigenvalue weighted by Crippen LogP contribution is 2.49. The van der Waals surface area contributed by atoms with Gasteiger partial charge in [-0.3, -0.25) is 0 Å². The molecule has 0 saturated heterocycles. The Hall–Kier alpha value is -1.30. The van der Waals surface area contributed by atoms with Crippen molar-refractivity contribution in [3.05, 3.63) is 61.3 Å². The molecule has 0 amide bonds. The Labute approximate surface area is 112 Å². The van der Waals surface area contributed by atoms with Crippen LogP contribution >= 0.6 is 0 Å². The van der Waals surface area contributed by atoms with E-state index in [1.54, 1.807) is 0 Å². The zero-order valence-electron chi connectivity index (χ0n) is 12.1. The highest BCUT2D eigenvalue weighted by Gasteiger charge is 2.41. The molecule has 0 heteroatoms. The van der Waals surface area contributed by atoms with E-state index in [4.69, 9.17) is 0 Å². The SMILES string of the molecule is C=CC(=C)CCC1=CC(C)C(C)(C=CC)C1C=C. The Balaban J connectivity index is 2.87. The van der Waals surface area contributed by atoms with Crippen molar-refractivity contribution in [1.82, 2.24) is 0 Å². The first-order valence-electron chi connectivity index (χ1n) is 6.76. The minimum Gasteiger partial charge on any atom is -0.102 e. The van der Waals surface area contributed by atoms with Crippen molar-refractivity contribution in [3.8, 4) is 0 Å². The summed E-state index contributed by atoms with van der Waals surface area (Å²) in [7, 11) is 0. The molecular formula is C18H26. The van der Waals surface area contributed by atoms with Crippen LogP contribution in [-0.2, 0) is 0 Å². The lowest BCUT2D eigenvalue weighted by Gasteiger charge is -2.32. The van der Waals surface area contributed by atoms with Gasteiger partial charge in [0.2, 0.25) is 0 Å². The van der Waals surface area contributed by atoms with Crippen LogP contribution < -0.4 is 0 Å². The highest BCUT2D eigenvalue weighted by atomic mass is 14.4. The number of allylic oxidation sites excluding steroid dienone is 7. The summed E-state index contributed by atoms with van der Waals surface area (Å²) >= 11 is 0. The fraction of sp³-hybridized carbons (Fsp3) is 0.444. The van der Waals surface area contributed by atoms with Gasteiger partial charge in [0, 0.05) is 11.3 Å². The molecular weight excluding hydrogens is 216 g/mol. The molecule has 0 spiro atoms. The van der Waals surface area contributed by atoms with E-state index < -0.39 is 0 Å². The van der Waals surface area contributed by atoms with Crippen molar-refractivity contribution in [1.29, 1.82) is 0 Å². The van der Waals surface area contributed by atoms with E-state index in [0.29, 0.717) is 11.8 Å². The van der Waals surface area contributed by atoms with Crippen molar-refractivity contribution >= 4 is 0 Å². The maximum absolute atomic E-state index is 4.04. The second kappa shape index (κ2) is 6.04. The van der Waals surface area contributed by atoms with Crippen molar-refractivity contribution in [3.63, 3.8) is 0 Å². The molecule has 3 atom stereocenters. The minimum atomic E-state index is 0.182. The summed E-state index contributed by atoms with van der Waals surface area (Å²) in [4.78, 5) is 0. The van der Waals surface area contributed by atoms with Crippen molar-refractivity contribution in [2.24, 2.45) is 17.3 Å². The summed E-state index contributed by atoms with van der Waals surface area (Å²) in [5, 5.41) is 0. The molecule has 0 aromatic heterocycles. The van der Waals surface area contributed by atoms with Crippen molar-refractivity contribution < 1.29 is 0 Å². The normalized spacial score (nSPS) is 31.4. The summed E-state index contributed by atoms with van der Waals surface area (Å²) in [5.74, 6) is 1.00. The molecule has 98 valence electrons. The summed E-state index contributed by atoms with van der Waals surface area (Å²) in [5.41, 5.74) is 2.80. The molecule has 0 aliphatic heterocycles. The summed E-state index contributed by atoms with van der Waals surface area (Å²) < 4.78 is 0. The zero-order chi connectivity index (χ0) is 13.8. The molecule has 1 rings (SSSR count). The molecule has 18 heavy (non-hydrogen) atoms. The third-order valence-corrected chi connectivity index (χ3v) is 4.30. The number of hydrogen-bond acceptors (Lipinski definition) is 0. The largest absolute Gasteiger partial charge is 0.102 e. The zero-order valence-corrected chi connectivity index (χ0v) is 12.1. The minimum absolute atomic E-state index is 0.182. The van der Waals surface area contributed by atoms with Gasteiger partial charge in [0.25, 0.3) is 0 Å². The molecule has 0 aromatic rings. The standard InChI is InChI=1S/C18H26/c1-7-12-18(6)15(5)13-16(17(18)9-3)11-10-14(4)8-2/h7-9,12-13,15,17H,2-4,10-11H2,1,5-6H3. The van der Waals surface area contributed by atoms with Gasteiger partial charge in [0.1, 0.15) is 0 Å². The summed E-state index contributed by atoms with van der Waals surface area (Å²) in [6, 6.07) is 0. The molecule has 1 aliphatic rings. The molecule has 0 heterocycles. The van der Waals surface area contributed by atoms with Crippen LogP contribution in [0, 0.1) is 17.3 Å². The Morgan fingerprint density at radius 2 is 2.11 bits per heavy atom. The quantitative estimate of drug-likeness (QED) is 0.428. The van der Waals surface area contributed by atoms with Gasteiger partial charge in [-0.2, -0.15) is 0 Å². The molecule has 0 fully saturated rings. The van der Waals surface area contributed by atoms with Gasteiger partial charge in [-0.15, -0.1) is 6.58 Å². The van der Waals surface area contributed by atoms with E-state index in [2.05, 4.69) is 64.8 Å². The topological polar surface area (TPSA) is 0 Å². The Morgan fingerprint density at radius 3 is 2.61 bits per heavy atom. The number of rotatable bonds is 6. The lowest BCUT2D eigenvalue weighted by molar-refractivity contribution is 0.294. The van der Waals surface area contributed by atoms with E-state index in [1.807, 2.05) is 6.08 Å². The molecule has 0 nitrogen and oxygen atoms in total. The predicted octanol–water partition coefficient (Wildman–Crippen LogP) is 5.47. The fourth-order valence-corrected chi connectivity index (χ4v) is 2.95. The van der Waals surface area contributed by atoms with Gasteiger partial charge < -0.3 is 0 Å². The molecule has 0 saturated carbocycles. The van der Waals surface area contributed by atoms with Crippen LogP contribution in [-0.4, -0.2) is 0 Å². The van der Waals surface area contributed by atoms with Gasteiger partial charge in [-0.1, -0.05) is 68.5 Å². The molecule has 0 aromatic carbocycles. The second-order valence-electron chi connectivity index (χ2n) is 5.47. The van der Waals surface area contributed by atoms with Gasteiger partial charge in [-0.25, -0.2) is 0 Å². The first-order valence-corrected chi connectivity index (χ1v) is 6.76. The first-order chi connectivity index (χ1) is 8.49.